The second-order valence-electron chi connectivity index (χ2n) is 8.63. The van der Waals surface area contributed by atoms with Gasteiger partial charge in [0.1, 0.15) is 0 Å². The van der Waals surface area contributed by atoms with E-state index in [-0.39, 0.29) is 5.95 Å². The third kappa shape index (κ3) is 4.97. The minimum absolute atomic E-state index is 0.218. The molecule has 0 bridgehead atoms. The van der Waals surface area contributed by atoms with E-state index in [4.69, 9.17) is 20.4 Å². The fraction of sp³-hybridized carbons (Fsp3) is 0.524. The van der Waals surface area contributed by atoms with Gasteiger partial charge in [-0.15, -0.1) is 0 Å². The molecule has 0 saturated carbocycles. The van der Waals surface area contributed by atoms with Crippen LogP contribution in [0.4, 0.5) is 11.8 Å². The second kappa shape index (κ2) is 9.41. The number of anilines is 2. The van der Waals surface area contributed by atoms with Crippen molar-refractivity contribution in [3.8, 4) is 11.3 Å². The molecule has 0 unspecified atom stereocenters. The van der Waals surface area contributed by atoms with Gasteiger partial charge in [-0.3, -0.25) is 4.90 Å². The normalized spacial score (nSPS) is 18.9. The summed E-state index contributed by atoms with van der Waals surface area (Å²) in [5.74, 6) is 1.01. The number of hydrogen-bond acceptors (Lipinski definition) is 10. The summed E-state index contributed by atoms with van der Waals surface area (Å²) in [6.45, 7) is 5.93. The highest BCUT2D eigenvalue weighted by Gasteiger charge is 2.23. The lowest BCUT2D eigenvalue weighted by molar-refractivity contribution is 0.122. The molecule has 0 amide bonds. The van der Waals surface area contributed by atoms with Crippen LogP contribution in [0.15, 0.2) is 24.8 Å². The van der Waals surface area contributed by atoms with Crippen LogP contribution in [-0.2, 0) is 21.3 Å². The number of sulfonamides is 1. The lowest BCUT2D eigenvalue weighted by Gasteiger charge is -2.28. The van der Waals surface area contributed by atoms with E-state index in [9.17, 15) is 8.42 Å². The molecule has 0 aliphatic carbocycles. The van der Waals surface area contributed by atoms with Gasteiger partial charge in [-0.05, 0) is 13.0 Å². The summed E-state index contributed by atoms with van der Waals surface area (Å²) in [5.41, 5.74) is 8.86. The van der Waals surface area contributed by atoms with Crippen molar-refractivity contribution in [3.05, 3.63) is 30.5 Å². The van der Waals surface area contributed by atoms with Crippen molar-refractivity contribution in [1.29, 1.82) is 0 Å². The molecule has 3 aromatic heterocycles. The summed E-state index contributed by atoms with van der Waals surface area (Å²) in [7, 11) is -3.17. The molecular weight excluding hydrogens is 458 g/mol. The summed E-state index contributed by atoms with van der Waals surface area (Å²) in [4.78, 5) is 22.5. The summed E-state index contributed by atoms with van der Waals surface area (Å²) in [6.07, 6.45) is 9.35. The Bertz CT molecular complexity index is 1260. The fourth-order valence-electron chi connectivity index (χ4n) is 4.37. The Balaban J connectivity index is 1.45. The average Bonchev–Trinajstić information content (AvgIpc) is 3.07. The molecule has 3 aromatic rings. The van der Waals surface area contributed by atoms with Crippen LogP contribution in [0.3, 0.4) is 0 Å². The van der Waals surface area contributed by atoms with Crippen LogP contribution in [0.5, 0.6) is 0 Å². The van der Waals surface area contributed by atoms with Gasteiger partial charge in [0.05, 0.1) is 30.9 Å². The van der Waals surface area contributed by atoms with Gasteiger partial charge in [0.15, 0.2) is 11.5 Å². The van der Waals surface area contributed by atoms with E-state index < -0.39 is 10.0 Å². The SMILES string of the molecule is CS(=O)(=O)N1CCCN(Cc2cn3cc(-c4cnc(N)nc4)nc(N4CCOCC4)c3n2)CC1. The Hall–Kier alpha value is -2.87. The maximum Gasteiger partial charge on any atom is 0.219 e. The largest absolute Gasteiger partial charge is 0.378 e. The van der Waals surface area contributed by atoms with Crippen molar-refractivity contribution in [2.75, 3.05) is 69.4 Å². The van der Waals surface area contributed by atoms with E-state index in [1.165, 1.54) is 6.26 Å². The molecule has 2 fully saturated rings. The number of nitrogens with zero attached hydrogens (tertiary/aromatic N) is 8. The smallest absolute Gasteiger partial charge is 0.219 e. The molecule has 2 N–H and O–H groups in total. The van der Waals surface area contributed by atoms with Gasteiger partial charge < -0.3 is 19.8 Å². The molecule has 0 spiro atoms. The van der Waals surface area contributed by atoms with E-state index >= 15 is 0 Å². The van der Waals surface area contributed by atoms with Crippen LogP contribution in [-0.4, -0.2) is 101 Å². The van der Waals surface area contributed by atoms with Gasteiger partial charge in [-0.1, -0.05) is 0 Å². The number of fused-ring (bicyclic) bond motifs is 1. The van der Waals surface area contributed by atoms with Crippen LogP contribution in [0.2, 0.25) is 0 Å². The van der Waals surface area contributed by atoms with Crippen LogP contribution < -0.4 is 10.6 Å². The Morgan fingerprint density at radius 3 is 2.50 bits per heavy atom. The van der Waals surface area contributed by atoms with Gasteiger partial charge in [0, 0.05) is 69.6 Å². The molecule has 34 heavy (non-hydrogen) atoms. The summed E-state index contributed by atoms with van der Waals surface area (Å²) in [6, 6.07) is 0. The van der Waals surface area contributed by atoms with Crippen molar-refractivity contribution in [1.82, 2.24) is 33.5 Å². The third-order valence-corrected chi connectivity index (χ3v) is 7.45. The van der Waals surface area contributed by atoms with Crippen LogP contribution in [0.25, 0.3) is 16.9 Å². The molecular formula is C21H29N9O3S. The number of aromatic nitrogens is 5. The third-order valence-electron chi connectivity index (χ3n) is 6.15. The van der Waals surface area contributed by atoms with E-state index in [1.54, 1.807) is 16.7 Å². The van der Waals surface area contributed by atoms with Crippen molar-refractivity contribution >= 4 is 27.4 Å². The fourth-order valence-corrected chi connectivity index (χ4v) is 5.25. The number of morpholine rings is 1. The van der Waals surface area contributed by atoms with E-state index in [0.29, 0.717) is 39.4 Å². The molecule has 0 atom stereocenters. The van der Waals surface area contributed by atoms with Gasteiger partial charge in [0.2, 0.25) is 16.0 Å². The number of nitrogens with two attached hydrogens (primary N) is 1. The minimum Gasteiger partial charge on any atom is -0.378 e. The van der Waals surface area contributed by atoms with E-state index in [1.807, 2.05) is 16.8 Å². The number of ether oxygens (including phenoxy) is 1. The molecule has 13 heteroatoms. The zero-order valence-electron chi connectivity index (χ0n) is 19.2. The zero-order chi connectivity index (χ0) is 23.7. The predicted octanol–water partition coefficient (Wildman–Crippen LogP) is 0.0724. The van der Waals surface area contributed by atoms with Crippen molar-refractivity contribution < 1.29 is 13.2 Å². The Labute approximate surface area is 198 Å². The Kier molecular flexibility index (Phi) is 6.34. The van der Waals surface area contributed by atoms with E-state index in [0.717, 1.165) is 54.5 Å². The Morgan fingerprint density at radius 1 is 1.00 bits per heavy atom. The number of imidazole rings is 1. The van der Waals surface area contributed by atoms with Crippen LogP contribution >= 0.6 is 0 Å². The highest BCUT2D eigenvalue weighted by atomic mass is 32.2. The minimum atomic E-state index is -3.17. The standard InChI is InChI=1S/C21H29N9O3S/c1-34(31,32)30-4-2-3-27(5-6-30)13-17-14-29-15-18(16-11-23-21(22)24-12-16)26-20(19(29)25-17)28-7-9-33-10-8-28/h11-12,14-15H,2-10,13H2,1H3,(H2,22,23,24). The lowest BCUT2D eigenvalue weighted by atomic mass is 10.2. The van der Waals surface area contributed by atoms with Crippen molar-refractivity contribution in [2.24, 2.45) is 0 Å². The first-order chi connectivity index (χ1) is 16.4. The van der Waals surface area contributed by atoms with Gasteiger partial charge >= 0.3 is 0 Å². The monoisotopic (exact) mass is 487 g/mol. The highest BCUT2D eigenvalue weighted by Crippen LogP contribution is 2.26. The first kappa shape index (κ1) is 22.9. The van der Waals surface area contributed by atoms with E-state index in [2.05, 4.69) is 19.8 Å². The summed E-state index contributed by atoms with van der Waals surface area (Å²) in [5, 5.41) is 0. The quantitative estimate of drug-likeness (QED) is 0.527. The van der Waals surface area contributed by atoms with Crippen molar-refractivity contribution in [2.45, 2.75) is 13.0 Å². The average molecular weight is 488 g/mol. The molecule has 2 aliphatic heterocycles. The van der Waals surface area contributed by atoms with Crippen molar-refractivity contribution in [3.63, 3.8) is 0 Å². The zero-order valence-corrected chi connectivity index (χ0v) is 20.0. The maximum atomic E-state index is 11.9. The lowest BCUT2D eigenvalue weighted by Crippen LogP contribution is -2.37. The second-order valence-corrected chi connectivity index (χ2v) is 10.6. The van der Waals surface area contributed by atoms with Crippen LogP contribution in [0, 0.1) is 0 Å². The number of nitrogen functional groups attached to an aromatic ring is 1. The molecule has 12 nitrogen and oxygen atoms in total. The topological polar surface area (TPSA) is 135 Å². The molecule has 2 saturated heterocycles. The van der Waals surface area contributed by atoms with Gasteiger partial charge in [-0.25, -0.2) is 32.7 Å². The molecule has 0 aromatic carbocycles. The summed E-state index contributed by atoms with van der Waals surface area (Å²) < 4.78 is 32.9. The molecule has 5 rings (SSSR count). The molecule has 5 heterocycles. The number of hydrogen-bond donors (Lipinski definition) is 1. The van der Waals surface area contributed by atoms with Gasteiger partial charge in [0.25, 0.3) is 0 Å². The summed E-state index contributed by atoms with van der Waals surface area (Å²) >= 11 is 0. The first-order valence-corrected chi connectivity index (χ1v) is 13.2. The Morgan fingerprint density at radius 2 is 1.76 bits per heavy atom. The molecule has 0 radical (unpaired) electrons. The van der Waals surface area contributed by atoms with Gasteiger partial charge in [-0.2, -0.15) is 0 Å². The first-order valence-electron chi connectivity index (χ1n) is 11.3. The predicted molar refractivity (Wildman–Crippen MR) is 128 cm³/mol. The molecule has 182 valence electrons. The highest BCUT2D eigenvalue weighted by molar-refractivity contribution is 7.88. The molecule has 2 aliphatic rings. The van der Waals surface area contributed by atoms with Crippen LogP contribution in [0.1, 0.15) is 12.1 Å². The number of rotatable bonds is 5. The maximum absolute atomic E-state index is 11.9.